The summed E-state index contributed by atoms with van der Waals surface area (Å²) in [7, 11) is 0. The van der Waals surface area contributed by atoms with Gasteiger partial charge in [-0.25, -0.2) is 0 Å². The summed E-state index contributed by atoms with van der Waals surface area (Å²) in [5, 5.41) is 3.38. The Labute approximate surface area is 97.3 Å². The van der Waals surface area contributed by atoms with Crippen LogP contribution in [0.25, 0.3) is 0 Å². The molecule has 1 N–H and O–H groups in total. The van der Waals surface area contributed by atoms with E-state index in [1.54, 1.807) is 0 Å². The summed E-state index contributed by atoms with van der Waals surface area (Å²) in [5.74, 6) is 0.301. The van der Waals surface area contributed by atoms with E-state index in [0.29, 0.717) is 37.6 Å². The molecule has 0 aliphatic carbocycles. The zero-order chi connectivity index (χ0) is 11.4. The summed E-state index contributed by atoms with van der Waals surface area (Å²) in [6.45, 7) is 5.36. The molecule has 2 aliphatic heterocycles. The molecule has 0 spiro atoms. The van der Waals surface area contributed by atoms with Crippen LogP contribution in [0.4, 0.5) is 0 Å². The van der Waals surface area contributed by atoms with Gasteiger partial charge in [0, 0.05) is 19.0 Å². The highest BCUT2D eigenvalue weighted by Crippen LogP contribution is 2.15. The molecule has 2 aliphatic rings. The van der Waals surface area contributed by atoms with Gasteiger partial charge in [-0.15, -0.1) is 0 Å². The molecule has 0 bridgehead atoms. The maximum absolute atomic E-state index is 12.2. The molecule has 2 rings (SSSR count). The fourth-order valence-corrected chi connectivity index (χ4v) is 2.58. The maximum atomic E-state index is 12.2. The third-order valence-electron chi connectivity index (χ3n) is 3.60. The first kappa shape index (κ1) is 11.9. The molecule has 2 saturated heterocycles. The first-order chi connectivity index (χ1) is 7.81. The standard InChI is InChI=1S/C12H22N2O2/c1-2-11-9-16-7-6-14(11)12(15)8-10-4-3-5-13-10/h10-11,13H,2-9H2,1H3. The van der Waals surface area contributed by atoms with E-state index in [1.165, 1.54) is 6.42 Å². The predicted octanol–water partition coefficient (Wildman–Crippen LogP) is 0.766. The molecular weight excluding hydrogens is 204 g/mol. The Morgan fingerprint density at radius 2 is 2.44 bits per heavy atom. The second-order valence-electron chi connectivity index (χ2n) is 4.72. The van der Waals surface area contributed by atoms with Crippen molar-refractivity contribution in [2.24, 2.45) is 0 Å². The summed E-state index contributed by atoms with van der Waals surface area (Å²) in [6.07, 6.45) is 4.01. The molecule has 2 fully saturated rings. The number of nitrogens with zero attached hydrogens (tertiary/aromatic N) is 1. The van der Waals surface area contributed by atoms with Gasteiger partial charge in [0.1, 0.15) is 0 Å². The molecule has 0 aromatic rings. The van der Waals surface area contributed by atoms with Crippen LogP contribution in [-0.4, -0.2) is 49.2 Å². The van der Waals surface area contributed by atoms with Gasteiger partial charge < -0.3 is 15.0 Å². The van der Waals surface area contributed by atoms with Gasteiger partial charge in [-0.1, -0.05) is 6.92 Å². The molecule has 92 valence electrons. The van der Waals surface area contributed by atoms with Gasteiger partial charge in [0.2, 0.25) is 5.91 Å². The van der Waals surface area contributed by atoms with Crippen molar-refractivity contribution in [1.29, 1.82) is 0 Å². The molecule has 2 atom stereocenters. The van der Waals surface area contributed by atoms with Crippen LogP contribution in [0.3, 0.4) is 0 Å². The average Bonchev–Trinajstić information content (AvgIpc) is 2.81. The summed E-state index contributed by atoms with van der Waals surface area (Å²) in [4.78, 5) is 14.2. The molecule has 0 aromatic heterocycles. The van der Waals surface area contributed by atoms with Crippen LogP contribution in [0.1, 0.15) is 32.6 Å². The van der Waals surface area contributed by atoms with Gasteiger partial charge in [0.05, 0.1) is 19.3 Å². The topological polar surface area (TPSA) is 41.6 Å². The first-order valence-electron chi connectivity index (χ1n) is 6.42. The van der Waals surface area contributed by atoms with Crippen LogP contribution in [0.15, 0.2) is 0 Å². The molecule has 2 unspecified atom stereocenters. The minimum Gasteiger partial charge on any atom is -0.377 e. The van der Waals surface area contributed by atoms with Gasteiger partial charge in [0.15, 0.2) is 0 Å². The number of ether oxygens (including phenoxy) is 1. The largest absolute Gasteiger partial charge is 0.377 e. The van der Waals surface area contributed by atoms with E-state index >= 15 is 0 Å². The number of hydrogen-bond donors (Lipinski definition) is 1. The lowest BCUT2D eigenvalue weighted by atomic mass is 10.1. The van der Waals surface area contributed by atoms with E-state index in [-0.39, 0.29) is 0 Å². The summed E-state index contributed by atoms with van der Waals surface area (Å²) >= 11 is 0. The van der Waals surface area contributed by atoms with Crippen molar-refractivity contribution in [3.8, 4) is 0 Å². The Morgan fingerprint density at radius 1 is 1.56 bits per heavy atom. The third kappa shape index (κ3) is 2.74. The van der Waals surface area contributed by atoms with Crippen molar-refractivity contribution in [2.45, 2.75) is 44.7 Å². The normalized spacial score (nSPS) is 30.7. The number of carbonyl (C=O) groups is 1. The van der Waals surface area contributed by atoms with Crippen LogP contribution in [0, 0.1) is 0 Å². The number of carbonyl (C=O) groups excluding carboxylic acids is 1. The van der Waals surface area contributed by atoms with Crippen molar-refractivity contribution < 1.29 is 9.53 Å². The van der Waals surface area contributed by atoms with Crippen LogP contribution < -0.4 is 5.32 Å². The van der Waals surface area contributed by atoms with Gasteiger partial charge >= 0.3 is 0 Å². The number of nitrogens with one attached hydrogen (secondary N) is 1. The van der Waals surface area contributed by atoms with E-state index in [0.717, 1.165) is 25.9 Å². The summed E-state index contributed by atoms with van der Waals surface area (Å²) in [6, 6.07) is 0.704. The minimum absolute atomic E-state index is 0.294. The second kappa shape index (κ2) is 5.64. The smallest absolute Gasteiger partial charge is 0.224 e. The third-order valence-corrected chi connectivity index (χ3v) is 3.60. The average molecular weight is 226 g/mol. The molecule has 0 radical (unpaired) electrons. The van der Waals surface area contributed by atoms with Crippen LogP contribution in [-0.2, 0) is 9.53 Å². The monoisotopic (exact) mass is 226 g/mol. The maximum Gasteiger partial charge on any atom is 0.224 e. The highest BCUT2D eigenvalue weighted by Gasteiger charge is 2.28. The molecule has 1 amide bonds. The molecule has 0 saturated carbocycles. The number of rotatable bonds is 3. The quantitative estimate of drug-likeness (QED) is 0.772. The Balaban J connectivity index is 1.86. The minimum atomic E-state index is 0.294. The fraction of sp³-hybridized carbons (Fsp3) is 0.917. The molecule has 4 heteroatoms. The highest BCUT2D eigenvalue weighted by molar-refractivity contribution is 5.77. The Kier molecular flexibility index (Phi) is 4.18. The van der Waals surface area contributed by atoms with E-state index < -0.39 is 0 Å². The lowest BCUT2D eigenvalue weighted by Gasteiger charge is -2.35. The zero-order valence-electron chi connectivity index (χ0n) is 10.1. The molecule has 0 aromatic carbocycles. The van der Waals surface area contributed by atoms with Crippen molar-refractivity contribution in [2.75, 3.05) is 26.3 Å². The number of hydrogen-bond acceptors (Lipinski definition) is 3. The molecule has 4 nitrogen and oxygen atoms in total. The van der Waals surface area contributed by atoms with E-state index in [2.05, 4.69) is 12.2 Å². The highest BCUT2D eigenvalue weighted by atomic mass is 16.5. The lowest BCUT2D eigenvalue weighted by molar-refractivity contribution is -0.140. The van der Waals surface area contributed by atoms with Gasteiger partial charge in [-0.2, -0.15) is 0 Å². The number of morpholine rings is 1. The van der Waals surface area contributed by atoms with Gasteiger partial charge in [-0.3, -0.25) is 4.79 Å². The van der Waals surface area contributed by atoms with Gasteiger partial charge in [-0.05, 0) is 25.8 Å². The van der Waals surface area contributed by atoms with Crippen molar-refractivity contribution >= 4 is 5.91 Å². The molecule has 16 heavy (non-hydrogen) atoms. The Bertz CT molecular complexity index is 239. The van der Waals surface area contributed by atoms with E-state index in [9.17, 15) is 4.79 Å². The van der Waals surface area contributed by atoms with Crippen molar-refractivity contribution in [3.05, 3.63) is 0 Å². The van der Waals surface area contributed by atoms with E-state index in [1.807, 2.05) is 4.90 Å². The van der Waals surface area contributed by atoms with Crippen LogP contribution >= 0.6 is 0 Å². The van der Waals surface area contributed by atoms with Crippen molar-refractivity contribution in [3.63, 3.8) is 0 Å². The molecular formula is C12H22N2O2. The summed E-state index contributed by atoms with van der Waals surface area (Å²) < 4.78 is 5.41. The second-order valence-corrected chi connectivity index (χ2v) is 4.72. The lowest BCUT2D eigenvalue weighted by Crippen LogP contribution is -2.49. The van der Waals surface area contributed by atoms with Crippen LogP contribution in [0.5, 0.6) is 0 Å². The predicted molar refractivity (Wildman–Crippen MR) is 62.3 cm³/mol. The van der Waals surface area contributed by atoms with Crippen LogP contribution in [0.2, 0.25) is 0 Å². The Morgan fingerprint density at radius 3 is 3.12 bits per heavy atom. The summed E-state index contributed by atoms with van der Waals surface area (Å²) in [5.41, 5.74) is 0. The first-order valence-corrected chi connectivity index (χ1v) is 6.42. The van der Waals surface area contributed by atoms with Crippen molar-refractivity contribution in [1.82, 2.24) is 10.2 Å². The number of amides is 1. The fourth-order valence-electron chi connectivity index (χ4n) is 2.58. The van der Waals surface area contributed by atoms with E-state index in [4.69, 9.17) is 4.74 Å². The Hall–Kier alpha value is -0.610. The SMILES string of the molecule is CCC1COCCN1C(=O)CC1CCCN1. The zero-order valence-corrected chi connectivity index (χ0v) is 10.1. The van der Waals surface area contributed by atoms with Gasteiger partial charge in [0.25, 0.3) is 0 Å². The molecule has 2 heterocycles.